The van der Waals surface area contributed by atoms with Gasteiger partial charge in [0.25, 0.3) is 0 Å². The van der Waals surface area contributed by atoms with Crippen LogP contribution in [0, 0.1) is 13.8 Å². The van der Waals surface area contributed by atoms with Crippen LogP contribution in [0.5, 0.6) is 0 Å². The maximum absolute atomic E-state index is 12.9. The molecule has 0 bridgehead atoms. The largest absolute Gasteiger partial charge is 0.396 e. The highest BCUT2D eigenvalue weighted by Gasteiger charge is 2.29. The summed E-state index contributed by atoms with van der Waals surface area (Å²) in [6.07, 6.45) is 3.65. The van der Waals surface area contributed by atoms with E-state index in [9.17, 15) is 9.90 Å². The summed E-state index contributed by atoms with van der Waals surface area (Å²) in [5.74, 6) is 0. The molecule has 25 heavy (non-hydrogen) atoms. The van der Waals surface area contributed by atoms with Gasteiger partial charge in [0.05, 0.1) is 11.7 Å². The van der Waals surface area contributed by atoms with E-state index in [2.05, 4.69) is 28.5 Å². The van der Waals surface area contributed by atoms with E-state index >= 15 is 0 Å². The van der Waals surface area contributed by atoms with Crippen molar-refractivity contribution in [3.8, 4) is 0 Å². The van der Waals surface area contributed by atoms with Crippen LogP contribution in [0.1, 0.15) is 47.0 Å². The van der Waals surface area contributed by atoms with E-state index in [4.69, 9.17) is 0 Å². The molecule has 0 saturated carbocycles. The van der Waals surface area contributed by atoms with Crippen LogP contribution in [-0.4, -0.2) is 34.2 Å². The number of amides is 2. The van der Waals surface area contributed by atoms with Gasteiger partial charge in [0.15, 0.2) is 5.13 Å². The van der Waals surface area contributed by atoms with E-state index in [0.29, 0.717) is 18.1 Å². The Hall–Kier alpha value is -1.92. The summed E-state index contributed by atoms with van der Waals surface area (Å²) >= 11 is 1.50. The molecule has 1 atom stereocenters. The van der Waals surface area contributed by atoms with Crippen LogP contribution in [0.2, 0.25) is 0 Å². The molecule has 0 radical (unpaired) electrons. The fourth-order valence-corrected chi connectivity index (χ4v) is 4.19. The van der Waals surface area contributed by atoms with Gasteiger partial charge in [-0.1, -0.05) is 24.3 Å². The lowest BCUT2D eigenvalue weighted by Gasteiger charge is -2.35. The molecule has 0 fully saturated rings. The van der Waals surface area contributed by atoms with Crippen molar-refractivity contribution < 1.29 is 9.90 Å². The zero-order valence-electron chi connectivity index (χ0n) is 14.8. The molecule has 134 valence electrons. The van der Waals surface area contributed by atoms with Crippen molar-refractivity contribution in [3.05, 3.63) is 46.0 Å². The number of urea groups is 1. The van der Waals surface area contributed by atoms with Gasteiger partial charge in [-0.2, -0.15) is 0 Å². The van der Waals surface area contributed by atoms with E-state index in [1.165, 1.54) is 22.5 Å². The van der Waals surface area contributed by atoms with Crippen LogP contribution in [0.25, 0.3) is 0 Å². The van der Waals surface area contributed by atoms with Gasteiger partial charge >= 0.3 is 6.03 Å². The van der Waals surface area contributed by atoms with Crippen LogP contribution < -0.4 is 5.32 Å². The molecule has 5 nitrogen and oxygen atoms in total. The number of thiazole rings is 1. The first-order valence-corrected chi connectivity index (χ1v) is 9.62. The molecule has 2 N–H and O–H groups in total. The van der Waals surface area contributed by atoms with Crippen molar-refractivity contribution in [2.45, 2.75) is 45.6 Å². The lowest BCUT2D eigenvalue weighted by atomic mass is 9.87. The van der Waals surface area contributed by atoms with Crippen LogP contribution in [0.4, 0.5) is 9.93 Å². The highest BCUT2D eigenvalue weighted by atomic mass is 32.1. The van der Waals surface area contributed by atoms with Gasteiger partial charge in [0.1, 0.15) is 0 Å². The van der Waals surface area contributed by atoms with Gasteiger partial charge in [-0.05, 0) is 50.7 Å². The summed E-state index contributed by atoms with van der Waals surface area (Å²) in [5.41, 5.74) is 3.50. The number of benzene rings is 1. The Balaban J connectivity index is 1.83. The zero-order valence-corrected chi connectivity index (χ0v) is 15.6. The first-order valence-electron chi connectivity index (χ1n) is 8.80. The van der Waals surface area contributed by atoms with Crippen LogP contribution in [0.15, 0.2) is 24.3 Å². The monoisotopic (exact) mass is 359 g/mol. The molecule has 0 spiro atoms. The van der Waals surface area contributed by atoms with Crippen molar-refractivity contribution in [3.63, 3.8) is 0 Å². The van der Waals surface area contributed by atoms with Crippen molar-refractivity contribution in [1.29, 1.82) is 0 Å². The lowest BCUT2D eigenvalue weighted by Crippen LogP contribution is -2.40. The van der Waals surface area contributed by atoms with Gasteiger partial charge in [-0.25, -0.2) is 9.78 Å². The molecule has 1 heterocycles. The molecule has 0 unspecified atom stereocenters. The Bertz CT molecular complexity index is 725. The molecule has 1 aromatic heterocycles. The Kier molecular flexibility index (Phi) is 5.71. The minimum atomic E-state index is -0.135. The molecule has 0 saturated heterocycles. The number of aliphatic hydroxyl groups is 1. The topological polar surface area (TPSA) is 65.5 Å². The summed E-state index contributed by atoms with van der Waals surface area (Å²) in [5, 5.41) is 12.8. The molecule has 1 aliphatic carbocycles. The number of hydrogen-bond donors (Lipinski definition) is 2. The minimum absolute atomic E-state index is 0.0543. The van der Waals surface area contributed by atoms with E-state index in [-0.39, 0.29) is 18.7 Å². The quantitative estimate of drug-likeness (QED) is 0.846. The zero-order chi connectivity index (χ0) is 17.8. The summed E-state index contributed by atoms with van der Waals surface area (Å²) in [7, 11) is 0. The number of aliphatic hydroxyl groups excluding tert-OH is 1. The molecule has 0 aliphatic heterocycles. The molecule has 1 aliphatic rings. The maximum atomic E-state index is 12.9. The molecule has 6 heteroatoms. The van der Waals surface area contributed by atoms with Crippen molar-refractivity contribution in [2.75, 3.05) is 18.5 Å². The summed E-state index contributed by atoms with van der Waals surface area (Å²) in [6.45, 7) is 4.56. The van der Waals surface area contributed by atoms with E-state index < -0.39 is 0 Å². The number of anilines is 1. The Labute approximate surface area is 152 Å². The highest BCUT2D eigenvalue weighted by Crippen LogP contribution is 2.35. The van der Waals surface area contributed by atoms with Crippen LogP contribution in [0.3, 0.4) is 0 Å². The maximum Gasteiger partial charge on any atom is 0.324 e. The summed E-state index contributed by atoms with van der Waals surface area (Å²) in [4.78, 5) is 20.3. The predicted octanol–water partition coefficient (Wildman–Crippen LogP) is 4.05. The second-order valence-corrected chi connectivity index (χ2v) is 7.67. The van der Waals surface area contributed by atoms with Crippen molar-refractivity contribution in [1.82, 2.24) is 9.88 Å². The third kappa shape index (κ3) is 4.02. The number of fused-ring (bicyclic) bond motifs is 1. The van der Waals surface area contributed by atoms with Gasteiger partial charge in [0.2, 0.25) is 0 Å². The first-order chi connectivity index (χ1) is 12.1. The number of nitrogens with one attached hydrogen (secondary N) is 1. The highest BCUT2D eigenvalue weighted by molar-refractivity contribution is 7.15. The average molecular weight is 359 g/mol. The summed E-state index contributed by atoms with van der Waals surface area (Å²) < 4.78 is 0. The number of carbonyl (C=O) groups excluding carboxylic acids is 1. The third-order valence-corrected chi connectivity index (χ3v) is 5.76. The Morgan fingerprint density at radius 2 is 2.20 bits per heavy atom. The number of aryl methyl sites for hydroxylation is 3. The van der Waals surface area contributed by atoms with E-state index in [1.807, 2.05) is 24.8 Å². The summed E-state index contributed by atoms with van der Waals surface area (Å²) in [6, 6.07) is 8.28. The van der Waals surface area contributed by atoms with Gasteiger partial charge in [-0.3, -0.25) is 5.32 Å². The van der Waals surface area contributed by atoms with Gasteiger partial charge in [-0.15, -0.1) is 11.3 Å². The number of carbonyl (C=O) groups is 1. The normalized spacial score (nSPS) is 16.4. The molecular formula is C19H25N3O2S. The Morgan fingerprint density at radius 1 is 1.40 bits per heavy atom. The van der Waals surface area contributed by atoms with Crippen molar-refractivity contribution in [2.24, 2.45) is 0 Å². The predicted molar refractivity (Wildman–Crippen MR) is 101 cm³/mol. The second-order valence-electron chi connectivity index (χ2n) is 6.47. The average Bonchev–Trinajstić information content (AvgIpc) is 2.92. The van der Waals surface area contributed by atoms with Crippen LogP contribution in [-0.2, 0) is 6.42 Å². The van der Waals surface area contributed by atoms with E-state index in [0.717, 1.165) is 29.8 Å². The molecular weight excluding hydrogens is 334 g/mol. The SMILES string of the molecule is Cc1nc(NC(=O)N(CCCO)[C@H]2CCCc3ccccc32)sc1C. The second kappa shape index (κ2) is 7.97. The number of nitrogens with zero attached hydrogens (tertiary/aromatic N) is 2. The van der Waals surface area contributed by atoms with E-state index in [1.54, 1.807) is 0 Å². The molecule has 1 aromatic carbocycles. The van der Waals surface area contributed by atoms with Crippen LogP contribution >= 0.6 is 11.3 Å². The van der Waals surface area contributed by atoms with Gasteiger partial charge < -0.3 is 10.0 Å². The van der Waals surface area contributed by atoms with Crippen molar-refractivity contribution >= 4 is 22.5 Å². The minimum Gasteiger partial charge on any atom is -0.396 e. The fraction of sp³-hybridized carbons (Fsp3) is 0.474. The third-order valence-electron chi connectivity index (χ3n) is 4.77. The standard InChI is InChI=1S/C19H25N3O2S/c1-13-14(2)25-18(20-13)21-19(24)22(11-6-12-23)17-10-5-8-15-7-3-4-9-16(15)17/h3-4,7,9,17,23H,5-6,8,10-12H2,1-2H3,(H,20,21,24)/t17-/m0/s1. The number of hydrogen-bond acceptors (Lipinski definition) is 4. The smallest absolute Gasteiger partial charge is 0.324 e. The molecule has 2 amide bonds. The molecule has 2 aromatic rings. The Morgan fingerprint density at radius 3 is 2.92 bits per heavy atom. The first kappa shape index (κ1) is 17.9. The molecule has 3 rings (SSSR count). The lowest BCUT2D eigenvalue weighted by molar-refractivity contribution is 0.169. The number of aromatic nitrogens is 1. The van der Waals surface area contributed by atoms with Gasteiger partial charge in [0, 0.05) is 18.0 Å². The number of rotatable bonds is 5. The fourth-order valence-electron chi connectivity index (χ4n) is 3.38.